The molecule has 2 aliphatic rings. The fourth-order valence-electron chi connectivity index (χ4n) is 3.00. The van der Waals surface area contributed by atoms with Crippen LogP contribution in [0.15, 0.2) is 11.6 Å². The van der Waals surface area contributed by atoms with E-state index in [1.54, 1.807) is 13.0 Å². The lowest BCUT2D eigenvalue weighted by Gasteiger charge is -2.28. The molecule has 0 bridgehead atoms. The number of hydrogen-bond acceptors (Lipinski definition) is 3. The largest absolute Gasteiger partial charge is 0.322 e. The Kier molecular flexibility index (Phi) is 3.88. The summed E-state index contributed by atoms with van der Waals surface area (Å²) in [5, 5.41) is 4.85. The zero-order valence-electron chi connectivity index (χ0n) is 12.9. The Hall–Kier alpha value is -1.95. The lowest BCUT2D eigenvalue weighted by molar-refractivity contribution is -0.122. The summed E-state index contributed by atoms with van der Waals surface area (Å²) >= 11 is 5.78. The number of hydrogen-bond donors (Lipinski definition) is 2. The number of urea groups is 1. The molecule has 7 heteroatoms. The molecule has 1 saturated heterocycles. The lowest BCUT2D eigenvalue weighted by atomic mass is 9.83. The molecule has 122 valence electrons. The van der Waals surface area contributed by atoms with Crippen molar-refractivity contribution in [2.75, 3.05) is 0 Å². The van der Waals surface area contributed by atoms with Gasteiger partial charge < -0.3 is 5.32 Å². The van der Waals surface area contributed by atoms with Crippen molar-refractivity contribution in [3.05, 3.63) is 33.9 Å². The topological polar surface area (TPSA) is 71.1 Å². The number of aryl methyl sites for hydroxylation is 1. The van der Waals surface area contributed by atoms with Crippen LogP contribution < -0.4 is 10.6 Å². The van der Waals surface area contributed by atoms with Gasteiger partial charge in [-0.05, 0) is 55.4 Å². The number of nitrogens with zero attached hydrogens (tertiary/aromatic N) is 1. The van der Waals surface area contributed by atoms with Crippen LogP contribution in [-0.4, -0.2) is 22.5 Å². The van der Waals surface area contributed by atoms with Crippen LogP contribution in [-0.2, 0) is 4.79 Å². The standard InChI is InChI=1S/C16H17ClFN3O2/c1-3-16(14(22)20-15(23)21-16)10(9-4-5-9)7-12-8(2)6-11(18)13(17)19-12/h6-7,9H,3-5H2,1-2H3,(H2,20,21,22,23)/b10-7+/t16-/m0/s1. The number of aromatic nitrogens is 1. The number of halogens is 2. The molecule has 1 aliphatic heterocycles. The van der Waals surface area contributed by atoms with Crippen LogP contribution in [0.1, 0.15) is 37.4 Å². The number of pyridine rings is 1. The number of rotatable bonds is 4. The smallest absolute Gasteiger partial charge is 0.320 e. The minimum absolute atomic E-state index is 0.206. The normalized spacial score (nSPS) is 24.6. The van der Waals surface area contributed by atoms with E-state index in [4.69, 9.17) is 11.6 Å². The Balaban J connectivity index is 2.11. The Morgan fingerprint density at radius 2 is 2.22 bits per heavy atom. The first-order valence-electron chi connectivity index (χ1n) is 7.55. The van der Waals surface area contributed by atoms with E-state index < -0.39 is 17.4 Å². The van der Waals surface area contributed by atoms with E-state index >= 15 is 0 Å². The van der Waals surface area contributed by atoms with E-state index in [1.165, 1.54) is 6.07 Å². The lowest BCUT2D eigenvalue weighted by Crippen LogP contribution is -2.48. The third-order valence-electron chi connectivity index (χ3n) is 4.44. The molecular weight excluding hydrogens is 321 g/mol. The third-order valence-corrected chi connectivity index (χ3v) is 4.70. The van der Waals surface area contributed by atoms with Crippen molar-refractivity contribution in [1.29, 1.82) is 0 Å². The van der Waals surface area contributed by atoms with Crippen molar-refractivity contribution < 1.29 is 14.0 Å². The van der Waals surface area contributed by atoms with E-state index in [2.05, 4.69) is 15.6 Å². The van der Waals surface area contributed by atoms with Gasteiger partial charge in [0, 0.05) is 0 Å². The monoisotopic (exact) mass is 337 g/mol. The highest BCUT2D eigenvalue weighted by Crippen LogP contribution is 2.45. The fraction of sp³-hybridized carbons (Fsp3) is 0.438. The fourth-order valence-corrected chi connectivity index (χ4v) is 3.14. The van der Waals surface area contributed by atoms with Crippen molar-refractivity contribution in [3.63, 3.8) is 0 Å². The summed E-state index contributed by atoms with van der Waals surface area (Å²) in [6.07, 6.45) is 4.10. The van der Waals surface area contributed by atoms with E-state index in [9.17, 15) is 14.0 Å². The zero-order valence-corrected chi connectivity index (χ0v) is 13.6. The average Bonchev–Trinajstić information content (AvgIpc) is 3.27. The van der Waals surface area contributed by atoms with Gasteiger partial charge in [0.1, 0.15) is 5.54 Å². The summed E-state index contributed by atoms with van der Waals surface area (Å²) < 4.78 is 13.5. The highest BCUT2D eigenvalue weighted by atomic mass is 35.5. The van der Waals surface area contributed by atoms with Gasteiger partial charge in [-0.1, -0.05) is 18.5 Å². The van der Waals surface area contributed by atoms with Gasteiger partial charge >= 0.3 is 6.03 Å². The Morgan fingerprint density at radius 3 is 2.74 bits per heavy atom. The van der Waals surface area contributed by atoms with Crippen molar-refractivity contribution in [2.45, 2.75) is 38.6 Å². The van der Waals surface area contributed by atoms with Gasteiger partial charge in [0.15, 0.2) is 11.0 Å². The first-order chi connectivity index (χ1) is 10.9. The van der Waals surface area contributed by atoms with Crippen LogP contribution in [0.4, 0.5) is 9.18 Å². The second-order valence-electron chi connectivity index (χ2n) is 6.00. The minimum Gasteiger partial charge on any atom is -0.320 e. The first-order valence-corrected chi connectivity index (χ1v) is 7.93. The quantitative estimate of drug-likeness (QED) is 0.655. The van der Waals surface area contributed by atoms with Gasteiger partial charge in [-0.15, -0.1) is 0 Å². The molecule has 0 aromatic carbocycles. The predicted molar refractivity (Wildman–Crippen MR) is 84.3 cm³/mol. The van der Waals surface area contributed by atoms with Crippen LogP contribution in [0.5, 0.6) is 0 Å². The molecule has 3 rings (SSSR count). The maximum Gasteiger partial charge on any atom is 0.322 e. The molecule has 3 amide bonds. The van der Waals surface area contributed by atoms with Crippen LogP contribution in [0.25, 0.3) is 6.08 Å². The molecule has 0 spiro atoms. The van der Waals surface area contributed by atoms with Crippen LogP contribution in [0.3, 0.4) is 0 Å². The molecule has 1 aromatic heterocycles. The second-order valence-corrected chi connectivity index (χ2v) is 6.36. The predicted octanol–water partition coefficient (Wildman–Crippen LogP) is 2.96. The van der Waals surface area contributed by atoms with Crippen molar-refractivity contribution in [1.82, 2.24) is 15.6 Å². The van der Waals surface area contributed by atoms with E-state index in [0.29, 0.717) is 17.7 Å². The molecule has 23 heavy (non-hydrogen) atoms. The Morgan fingerprint density at radius 1 is 1.52 bits per heavy atom. The number of imide groups is 1. The molecule has 1 aliphatic carbocycles. The van der Waals surface area contributed by atoms with Crippen molar-refractivity contribution in [2.24, 2.45) is 5.92 Å². The average molecular weight is 338 g/mol. The molecule has 1 saturated carbocycles. The van der Waals surface area contributed by atoms with E-state index in [1.807, 2.05) is 6.92 Å². The van der Waals surface area contributed by atoms with Crippen LogP contribution in [0, 0.1) is 18.7 Å². The van der Waals surface area contributed by atoms with Crippen molar-refractivity contribution in [3.8, 4) is 0 Å². The summed E-state index contributed by atoms with van der Waals surface area (Å²) in [6.45, 7) is 3.58. The molecule has 5 nitrogen and oxygen atoms in total. The SMILES string of the molecule is CC[C@@]1(/C(=C/c2nc(Cl)c(F)cc2C)C2CC2)NC(=O)NC1=O. The molecule has 2 heterocycles. The molecule has 2 fully saturated rings. The summed E-state index contributed by atoms with van der Waals surface area (Å²) in [5.41, 5.74) is 0.885. The van der Waals surface area contributed by atoms with Crippen LogP contribution >= 0.6 is 11.6 Å². The molecule has 0 radical (unpaired) electrons. The Bertz CT molecular complexity index is 730. The first kappa shape index (κ1) is 15.9. The molecule has 1 aromatic rings. The van der Waals surface area contributed by atoms with Gasteiger partial charge in [0.2, 0.25) is 0 Å². The minimum atomic E-state index is -1.06. The van der Waals surface area contributed by atoms with E-state index in [0.717, 1.165) is 18.4 Å². The summed E-state index contributed by atoms with van der Waals surface area (Å²) in [7, 11) is 0. The van der Waals surface area contributed by atoms with Gasteiger partial charge in [0.05, 0.1) is 5.69 Å². The summed E-state index contributed by atoms with van der Waals surface area (Å²) in [6, 6.07) is 0.822. The molecule has 0 unspecified atom stereocenters. The van der Waals surface area contributed by atoms with E-state index in [-0.39, 0.29) is 17.0 Å². The summed E-state index contributed by atoms with van der Waals surface area (Å²) in [4.78, 5) is 28.1. The highest BCUT2D eigenvalue weighted by Gasteiger charge is 2.51. The van der Waals surface area contributed by atoms with Gasteiger partial charge in [-0.25, -0.2) is 14.2 Å². The highest BCUT2D eigenvalue weighted by molar-refractivity contribution is 6.29. The zero-order chi connectivity index (χ0) is 16.8. The Labute approximate surface area is 138 Å². The van der Waals surface area contributed by atoms with Crippen molar-refractivity contribution >= 4 is 29.6 Å². The van der Waals surface area contributed by atoms with Gasteiger partial charge in [-0.2, -0.15) is 0 Å². The third kappa shape index (κ3) is 2.72. The number of nitrogens with one attached hydrogen (secondary N) is 2. The second kappa shape index (κ2) is 5.60. The number of carbonyl (C=O) groups excluding carboxylic acids is 2. The molecular formula is C16H17ClFN3O2. The molecule has 2 N–H and O–H groups in total. The number of amides is 3. The molecule has 1 atom stereocenters. The van der Waals surface area contributed by atoms with Gasteiger partial charge in [0.25, 0.3) is 5.91 Å². The van der Waals surface area contributed by atoms with Gasteiger partial charge in [-0.3, -0.25) is 10.1 Å². The van der Waals surface area contributed by atoms with Crippen LogP contribution in [0.2, 0.25) is 5.15 Å². The summed E-state index contributed by atoms with van der Waals surface area (Å²) in [5.74, 6) is -0.718. The number of carbonyl (C=O) groups is 2. The maximum atomic E-state index is 13.5. The maximum absolute atomic E-state index is 13.5.